The Hall–Kier alpha value is -4.24. The van der Waals surface area contributed by atoms with E-state index in [0.717, 1.165) is 11.1 Å². The minimum Gasteiger partial charge on any atom is -0.394 e. The van der Waals surface area contributed by atoms with E-state index in [0.29, 0.717) is 42.9 Å². The number of aliphatic hydroxyl groups is 1. The first-order chi connectivity index (χ1) is 23.7. The molecule has 0 saturated carbocycles. The Balaban J connectivity index is 1.48. The van der Waals surface area contributed by atoms with Crippen molar-refractivity contribution in [2.24, 2.45) is 11.8 Å². The number of fused-ring (bicyclic) bond motifs is 1. The van der Waals surface area contributed by atoms with Gasteiger partial charge in [0.2, 0.25) is 11.8 Å². The molecule has 3 aromatic carbocycles. The maximum Gasteiger partial charge on any atom is 0.253 e. The maximum atomic E-state index is 15.1. The number of carbonyl (C=O) groups is 3. The van der Waals surface area contributed by atoms with Crippen molar-refractivity contribution < 1.29 is 24.2 Å². The third kappa shape index (κ3) is 6.00. The third-order valence-corrected chi connectivity index (χ3v) is 11.0. The Morgan fingerprint density at radius 3 is 2.20 bits per heavy atom. The molecule has 3 fully saturated rings. The van der Waals surface area contributed by atoms with Crippen molar-refractivity contribution in [3.05, 3.63) is 126 Å². The van der Waals surface area contributed by atoms with Gasteiger partial charge < -0.3 is 24.5 Å². The first-order valence-electron chi connectivity index (χ1n) is 17.0. The topological polar surface area (TPSA) is 90.4 Å². The van der Waals surface area contributed by atoms with Gasteiger partial charge in [0.05, 0.1) is 40.8 Å². The van der Waals surface area contributed by atoms with E-state index >= 15 is 9.59 Å². The van der Waals surface area contributed by atoms with Gasteiger partial charge in [-0.3, -0.25) is 14.4 Å². The summed E-state index contributed by atoms with van der Waals surface area (Å²) in [5.74, 6) is -2.68. The number of rotatable bonds is 14. The van der Waals surface area contributed by atoms with Crippen molar-refractivity contribution in [3.63, 3.8) is 0 Å². The van der Waals surface area contributed by atoms with Gasteiger partial charge in [-0.05, 0) is 48.9 Å². The first kappa shape index (κ1) is 34.6. The van der Waals surface area contributed by atoms with Crippen LogP contribution in [0.2, 0.25) is 5.02 Å². The van der Waals surface area contributed by atoms with Crippen LogP contribution in [-0.4, -0.2) is 75.6 Å². The normalized spacial score (nSPS) is 25.9. The Labute approximate surface area is 293 Å². The number of carbonyl (C=O) groups excluding carboxylic acids is 3. The van der Waals surface area contributed by atoms with Crippen LogP contribution in [0.4, 0.5) is 5.69 Å². The number of aliphatic hydroxyl groups excluding tert-OH is 1. The van der Waals surface area contributed by atoms with Gasteiger partial charge in [-0.1, -0.05) is 103 Å². The van der Waals surface area contributed by atoms with E-state index in [4.69, 9.17) is 16.3 Å². The van der Waals surface area contributed by atoms with Gasteiger partial charge in [-0.25, -0.2) is 0 Å². The highest BCUT2D eigenvalue weighted by Gasteiger charge is 2.79. The second kappa shape index (κ2) is 14.3. The molecule has 0 radical (unpaired) electrons. The van der Waals surface area contributed by atoms with Crippen molar-refractivity contribution in [2.45, 2.75) is 62.4 Å². The molecule has 3 saturated heterocycles. The van der Waals surface area contributed by atoms with E-state index in [9.17, 15) is 9.90 Å². The average Bonchev–Trinajstić information content (AvgIpc) is 3.73. The summed E-state index contributed by atoms with van der Waals surface area (Å²) < 4.78 is 7.08. The number of likely N-dealkylation sites (tertiary alicyclic amines) is 1. The number of hydrogen-bond acceptors (Lipinski definition) is 5. The van der Waals surface area contributed by atoms with Crippen LogP contribution in [0.3, 0.4) is 0 Å². The largest absolute Gasteiger partial charge is 0.394 e. The van der Waals surface area contributed by atoms with Crippen molar-refractivity contribution in [3.8, 4) is 0 Å². The van der Waals surface area contributed by atoms with E-state index in [-0.39, 0.29) is 37.4 Å². The number of benzene rings is 3. The molecule has 9 heteroatoms. The average molecular weight is 682 g/mol. The van der Waals surface area contributed by atoms with E-state index < -0.39 is 35.1 Å². The van der Waals surface area contributed by atoms with Gasteiger partial charge in [-0.15, -0.1) is 13.2 Å². The molecule has 3 aliphatic heterocycles. The van der Waals surface area contributed by atoms with E-state index in [1.54, 1.807) is 41.3 Å². The summed E-state index contributed by atoms with van der Waals surface area (Å²) in [6.07, 6.45) is 5.06. The van der Waals surface area contributed by atoms with Gasteiger partial charge in [0.15, 0.2) is 0 Å². The third-order valence-electron chi connectivity index (χ3n) is 10.6. The lowest BCUT2D eigenvalue weighted by molar-refractivity contribution is -0.153. The van der Waals surface area contributed by atoms with Crippen LogP contribution in [0.1, 0.15) is 37.3 Å². The molecule has 3 aliphatic rings. The van der Waals surface area contributed by atoms with Crippen LogP contribution in [0.5, 0.6) is 0 Å². The zero-order chi connectivity index (χ0) is 34.8. The van der Waals surface area contributed by atoms with Gasteiger partial charge in [0.25, 0.3) is 5.91 Å². The summed E-state index contributed by atoms with van der Waals surface area (Å²) in [5.41, 5.74) is 0.127. The van der Waals surface area contributed by atoms with Crippen molar-refractivity contribution in [1.82, 2.24) is 9.80 Å². The molecule has 1 N–H and O–H groups in total. The molecule has 6 atom stereocenters. The summed E-state index contributed by atoms with van der Waals surface area (Å²) >= 11 is 6.66. The molecule has 6 rings (SSSR count). The monoisotopic (exact) mass is 681 g/mol. The molecule has 0 aromatic heterocycles. The molecule has 8 nitrogen and oxygen atoms in total. The zero-order valence-electron chi connectivity index (χ0n) is 27.9. The molecule has 256 valence electrons. The molecular weight excluding hydrogens is 638 g/mol. The van der Waals surface area contributed by atoms with Gasteiger partial charge in [0.1, 0.15) is 11.6 Å². The summed E-state index contributed by atoms with van der Waals surface area (Å²) in [7, 11) is 0. The number of hydrogen-bond donors (Lipinski definition) is 1. The molecule has 3 aromatic rings. The SMILES string of the molecule is C=CCN(Cc1ccccc1)C(=O)[C@H]1[C@H]2C(=O)N([C@@H](CO)Cc3ccccc3)C(C(=O)N(CC=C)c3ccccc3Cl)C23CC[C@]1(CC)O3. The molecule has 1 spiro atoms. The number of halogens is 1. The molecule has 3 amide bonds. The fourth-order valence-corrected chi connectivity index (χ4v) is 8.72. The highest BCUT2D eigenvalue weighted by Crippen LogP contribution is 2.65. The van der Waals surface area contributed by atoms with Crippen molar-refractivity contribution in [1.29, 1.82) is 0 Å². The highest BCUT2D eigenvalue weighted by molar-refractivity contribution is 6.34. The van der Waals surface area contributed by atoms with E-state index in [2.05, 4.69) is 13.2 Å². The molecule has 3 heterocycles. The number of amides is 3. The predicted molar refractivity (Wildman–Crippen MR) is 191 cm³/mol. The van der Waals surface area contributed by atoms with Crippen LogP contribution in [0.25, 0.3) is 0 Å². The lowest BCUT2D eigenvalue weighted by Crippen LogP contribution is -2.59. The minimum atomic E-state index is -1.29. The zero-order valence-corrected chi connectivity index (χ0v) is 28.7. The number of anilines is 1. The quantitative estimate of drug-likeness (QED) is 0.216. The summed E-state index contributed by atoms with van der Waals surface area (Å²) in [6, 6.07) is 24.5. The summed E-state index contributed by atoms with van der Waals surface area (Å²) in [5, 5.41) is 11.3. The lowest BCUT2D eigenvalue weighted by atomic mass is 9.64. The number of para-hydroxylation sites is 1. The Morgan fingerprint density at radius 2 is 1.59 bits per heavy atom. The molecular formula is C40H44ClN3O5. The van der Waals surface area contributed by atoms with E-state index in [1.807, 2.05) is 67.6 Å². The standard InChI is InChI=1S/C40H44ClN3O5/c1-4-23-42(26-29-17-11-8-12-18-29)36(46)33-34-37(47)44(30(27-45)25-28-15-9-7-10-16-28)35(40(34)22-21-39(33,6-3)49-40)38(48)43(24-5-2)32-20-14-13-19-31(32)41/h4-5,7-20,30,33-35,45H,1-2,6,21-27H2,3H3/t30-,33-,34+,35?,39+,40?/m1/s1. The van der Waals surface area contributed by atoms with Crippen molar-refractivity contribution in [2.75, 3.05) is 24.6 Å². The molecule has 49 heavy (non-hydrogen) atoms. The van der Waals surface area contributed by atoms with Crippen molar-refractivity contribution >= 4 is 35.0 Å². The fraction of sp³-hybridized carbons (Fsp3) is 0.375. The Kier molecular flexibility index (Phi) is 10.1. The van der Waals surface area contributed by atoms with Crippen LogP contribution in [0.15, 0.2) is 110 Å². The van der Waals surface area contributed by atoms with Crippen LogP contribution >= 0.6 is 11.6 Å². The van der Waals surface area contributed by atoms with Crippen LogP contribution in [0, 0.1) is 11.8 Å². The molecule has 0 aliphatic carbocycles. The number of ether oxygens (including phenoxy) is 1. The van der Waals surface area contributed by atoms with Crippen LogP contribution in [-0.2, 0) is 32.1 Å². The summed E-state index contributed by atoms with van der Waals surface area (Å²) in [4.78, 5) is 49.9. The maximum absolute atomic E-state index is 15.1. The minimum absolute atomic E-state index is 0.135. The fourth-order valence-electron chi connectivity index (χ4n) is 8.48. The Bertz CT molecular complexity index is 1700. The van der Waals surface area contributed by atoms with Gasteiger partial charge >= 0.3 is 0 Å². The van der Waals surface area contributed by atoms with Crippen LogP contribution < -0.4 is 4.90 Å². The molecule has 2 unspecified atom stereocenters. The number of nitrogens with zero attached hydrogens (tertiary/aromatic N) is 3. The predicted octanol–water partition coefficient (Wildman–Crippen LogP) is 5.83. The molecule has 2 bridgehead atoms. The summed E-state index contributed by atoms with van der Waals surface area (Å²) in [6.45, 7) is 10.2. The first-order valence-corrected chi connectivity index (χ1v) is 17.4. The second-order valence-corrected chi connectivity index (χ2v) is 13.7. The lowest BCUT2D eigenvalue weighted by Gasteiger charge is -2.40. The highest BCUT2D eigenvalue weighted by atomic mass is 35.5. The van der Waals surface area contributed by atoms with E-state index in [1.165, 1.54) is 9.80 Å². The van der Waals surface area contributed by atoms with Gasteiger partial charge in [0, 0.05) is 19.6 Å². The second-order valence-electron chi connectivity index (χ2n) is 13.3. The van der Waals surface area contributed by atoms with Gasteiger partial charge in [-0.2, -0.15) is 0 Å². The smallest absolute Gasteiger partial charge is 0.253 e. The Morgan fingerprint density at radius 1 is 0.959 bits per heavy atom.